The summed E-state index contributed by atoms with van der Waals surface area (Å²) < 4.78 is 5.59. The summed E-state index contributed by atoms with van der Waals surface area (Å²) in [5.74, 6) is -0.665. The van der Waals surface area contributed by atoms with E-state index >= 15 is 0 Å². The largest absolute Gasteiger partial charge is 0.456 e. The molecule has 0 aliphatic carbocycles. The molecule has 1 saturated heterocycles. The van der Waals surface area contributed by atoms with Crippen LogP contribution in [-0.2, 0) is 9.59 Å². The number of nitriles is 1. The summed E-state index contributed by atoms with van der Waals surface area (Å²) >= 11 is 4.73. The quantitative estimate of drug-likeness (QED) is 0.267. The lowest BCUT2D eigenvalue weighted by molar-refractivity contribution is -0.384. The summed E-state index contributed by atoms with van der Waals surface area (Å²) in [4.78, 5) is 33.9. The number of amides is 2. The normalized spacial score (nSPS) is 13.2. The molecule has 1 aliphatic heterocycles. The fourth-order valence-electron chi connectivity index (χ4n) is 2.34. The molecule has 0 unspecified atom stereocenters. The summed E-state index contributed by atoms with van der Waals surface area (Å²) in [5.41, 5.74) is 0.273. The van der Waals surface area contributed by atoms with Crippen molar-refractivity contribution >= 4 is 40.9 Å². The molecule has 0 bridgehead atoms. The third-order valence-corrected chi connectivity index (χ3v) is 3.86. The van der Waals surface area contributed by atoms with E-state index in [1.165, 1.54) is 18.2 Å². The molecule has 0 radical (unpaired) electrons. The Kier molecular flexibility index (Phi) is 5.10. The Morgan fingerprint density at radius 1 is 1.11 bits per heavy atom. The second-order valence-electron chi connectivity index (χ2n) is 5.52. The van der Waals surface area contributed by atoms with E-state index < -0.39 is 16.7 Å². The number of carbonyl (C=O) groups is 2. The van der Waals surface area contributed by atoms with Crippen molar-refractivity contribution in [2.45, 2.75) is 0 Å². The number of thiocarbonyl (C=S) groups is 1. The van der Waals surface area contributed by atoms with Crippen LogP contribution in [0.15, 0.2) is 48.0 Å². The second-order valence-corrected chi connectivity index (χ2v) is 5.92. The number of benzene rings is 2. The Labute approximate surface area is 163 Å². The molecule has 1 aliphatic rings. The van der Waals surface area contributed by atoms with Gasteiger partial charge in [0.25, 0.3) is 17.5 Å². The molecular weight excluding hydrogens is 384 g/mol. The summed E-state index contributed by atoms with van der Waals surface area (Å²) in [6, 6.07) is 11.9. The first kappa shape index (κ1) is 18.7. The predicted octanol–water partition coefficient (Wildman–Crippen LogP) is 2.17. The Balaban J connectivity index is 1.80. The van der Waals surface area contributed by atoms with Crippen molar-refractivity contribution < 1.29 is 19.2 Å². The van der Waals surface area contributed by atoms with Gasteiger partial charge in [-0.25, -0.2) is 0 Å². The van der Waals surface area contributed by atoms with Gasteiger partial charge in [-0.1, -0.05) is 12.1 Å². The fraction of sp³-hybridized carbons (Fsp3) is 0. The molecule has 2 aromatic rings. The average Bonchev–Trinajstić information content (AvgIpc) is 2.66. The van der Waals surface area contributed by atoms with E-state index in [1.54, 1.807) is 24.3 Å². The van der Waals surface area contributed by atoms with Gasteiger partial charge in [-0.05, 0) is 42.1 Å². The highest BCUT2D eigenvalue weighted by Gasteiger charge is 2.25. The third-order valence-electron chi connectivity index (χ3n) is 3.66. The minimum atomic E-state index is -0.600. The van der Waals surface area contributed by atoms with Gasteiger partial charge in [0.1, 0.15) is 28.7 Å². The number of non-ortho nitro benzene ring substituents is 1. The molecule has 2 amide bonds. The van der Waals surface area contributed by atoms with Crippen LogP contribution in [0, 0.1) is 21.4 Å². The van der Waals surface area contributed by atoms with E-state index in [4.69, 9.17) is 22.2 Å². The van der Waals surface area contributed by atoms with Gasteiger partial charge in [-0.3, -0.25) is 30.3 Å². The molecule has 138 valence electrons. The molecule has 0 spiro atoms. The lowest BCUT2D eigenvalue weighted by Gasteiger charge is -2.16. The van der Waals surface area contributed by atoms with Gasteiger partial charge in [-0.2, -0.15) is 5.26 Å². The Hall–Kier alpha value is -4.10. The lowest BCUT2D eigenvalue weighted by atomic mass is 10.1. The van der Waals surface area contributed by atoms with Crippen molar-refractivity contribution in [3.63, 3.8) is 0 Å². The molecule has 28 heavy (non-hydrogen) atoms. The van der Waals surface area contributed by atoms with E-state index in [0.717, 1.165) is 6.07 Å². The van der Waals surface area contributed by atoms with E-state index in [9.17, 15) is 19.7 Å². The Morgan fingerprint density at radius 2 is 1.75 bits per heavy atom. The van der Waals surface area contributed by atoms with Gasteiger partial charge in [0, 0.05) is 12.1 Å². The maximum Gasteiger partial charge on any atom is 0.271 e. The number of hydrogen-bond donors (Lipinski definition) is 2. The van der Waals surface area contributed by atoms with Crippen LogP contribution in [0.25, 0.3) is 6.08 Å². The summed E-state index contributed by atoms with van der Waals surface area (Å²) in [5, 5.41) is 24.6. The lowest BCUT2D eigenvalue weighted by Crippen LogP contribution is -2.51. The first-order chi connectivity index (χ1) is 13.4. The number of rotatable bonds is 4. The van der Waals surface area contributed by atoms with Gasteiger partial charge in [0.15, 0.2) is 5.11 Å². The zero-order valence-corrected chi connectivity index (χ0v) is 14.8. The summed E-state index contributed by atoms with van der Waals surface area (Å²) in [6.07, 6.45) is 1.39. The smallest absolute Gasteiger partial charge is 0.271 e. The number of carbonyl (C=O) groups excluding carboxylic acids is 2. The molecular formula is C18H10N4O5S. The Bertz CT molecular complexity index is 1060. The first-order valence-corrected chi connectivity index (χ1v) is 8.13. The number of nitrogens with one attached hydrogen (secondary N) is 2. The number of nitro benzene ring substituents is 1. The minimum absolute atomic E-state index is 0.0203. The van der Waals surface area contributed by atoms with Crippen LogP contribution in [0.3, 0.4) is 0 Å². The van der Waals surface area contributed by atoms with E-state index in [-0.39, 0.29) is 27.7 Å². The van der Waals surface area contributed by atoms with Gasteiger partial charge >= 0.3 is 0 Å². The van der Waals surface area contributed by atoms with Crippen LogP contribution >= 0.6 is 12.2 Å². The summed E-state index contributed by atoms with van der Waals surface area (Å²) in [7, 11) is 0. The van der Waals surface area contributed by atoms with Crippen molar-refractivity contribution in [2.75, 3.05) is 0 Å². The van der Waals surface area contributed by atoms with E-state index in [2.05, 4.69) is 10.6 Å². The van der Waals surface area contributed by atoms with Crippen molar-refractivity contribution in [3.05, 3.63) is 69.3 Å². The van der Waals surface area contributed by atoms with Gasteiger partial charge in [0.2, 0.25) is 0 Å². The SMILES string of the molecule is N#Cc1cc([N+](=O)[O-])ccc1Oc1ccc(C=C2C(=O)NC(=S)NC2=O)cc1. The predicted molar refractivity (Wildman–Crippen MR) is 101 cm³/mol. The van der Waals surface area contributed by atoms with Crippen LogP contribution in [0.4, 0.5) is 5.69 Å². The molecule has 2 N–H and O–H groups in total. The fourth-order valence-corrected chi connectivity index (χ4v) is 2.53. The highest BCUT2D eigenvalue weighted by Crippen LogP contribution is 2.28. The molecule has 0 aromatic heterocycles. The maximum atomic E-state index is 11.8. The number of ether oxygens (including phenoxy) is 1. The molecule has 0 atom stereocenters. The van der Waals surface area contributed by atoms with Crippen molar-refractivity contribution in [1.82, 2.24) is 10.6 Å². The van der Waals surface area contributed by atoms with E-state index in [0.29, 0.717) is 11.3 Å². The maximum absolute atomic E-state index is 11.8. The highest BCUT2D eigenvalue weighted by atomic mass is 32.1. The van der Waals surface area contributed by atoms with Crippen LogP contribution in [-0.4, -0.2) is 21.9 Å². The number of nitro groups is 1. The standard InChI is InChI=1S/C18H10N4O5S/c19-9-11-8-12(22(25)26)3-6-15(11)27-13-4-1-10(2-5-13)7-14-16(23)20-18(28)21-17(14)24/h1-8H,(H2,20,21,23,24,28). The van der Waals surface area contributed by atoms with Crippen molar-refractivity contribution in [3.8, 4) is 17.6 Å². The van der Waals surface area contributed by atoms with Crippen LogP contribution in [0.5, 0.6) is 11.5 Å². The second kappa shape index (κ2) is 7.65. The van der Waals surface area contributed by atoms with Gasteiger partial charge < -0.3 is 4.74 Å². The van der Waals surface area contributed by atoms with Crippen molar-refractivity contribution in [1.29, 1.82) is 5.26 Å². The topological polar surface area (TPSA) is 134 Å². The molecule has 9 nitrogen and oxygen atoms in total. The molecule has 3 rings (SSSR count). The first-order valence-electron chi connectivity index (χ1n) is 7.72. The molecule has 0 saturated carbocycles. The monoisotopic (exact) mass is 394 g/mol. The highest BCUT2D eigenvalue weighted by molar-refractivity contribution is 7.80. The summed E-state index contributed by atoms with van der Waals surface area (Å²) in [6.45, 7) is 0. The molecule has 10 heteroatoms. The number of nitrogens with zero attached hydrogens (tertiary/aromatic N) is 2. The molecule has 1 heterocycles. The zero-order valence-electron chi connectivity index (χ0n) is 14.0. The molecule has 2 aromatic carbocycles. The zero-order chi connectivity index (χ0) is 20.3. The van der Waals surface area contributed by atoms with Crippen molar-refractivity contribution in [2.24, 2.45) is 0 Å². The third kappa shape index (κ3) is 4.00. The minimum Gasteiger partial charge on any atom is -0.456 e. The number of hydrogen-bond acceptors (Lipinski definition) is 7. The van der Waals surface area contributed by atoms with Gasteiger partial charge in [0.05, 0.1) is 4.92 Å². The van der Waals surface area contributed by atoms with Crippen LogP contribution in [0.1, 0.15) is 11.1 Å². The van der Waals surface area contributed by atoms with E-state index in [1.807, 2.05) is 6.07 Å². The molecule has 1 fully saturated rings. The van der Waals surface area contributed by atoms with Gasteiger partial charge in [-0.15, -0.1) is 0 Å². The van der Waals surface area contributed by atoms with Crippen LogP contribution < -0.4 is 15.4 Å². The van der Waals surface area contributed by atoms with Crippen LogP contribution in [0.2, 0.25) is 0 Å². The average molecular weight is 394 g/mol. The Morgan fingerprint density at radius 3 is 2.32 bits per heavy atom.